The normalized spacial score (nSPS) is 12.9. The van der Waals surface area contributed by atoms with Gasteiger partial charge in [-0.1, -0.05) is 36.4 Å². The van der Waals surface area contributed by atoms with Gasteiger partial charge in [0.1, 0.15) is 27.7 Å². The number of carbonyl (C=O) groups excluding carboxylic acids is 1. The number of fused-ring (bicyclic) bond motifs is 1. The first-order valence-electron chi connectivity index (χ1n) is 9.58. The SMILES string of the molecule is O=C(Nc1ccc(OC(F)(F)F)cc1)[C@H](NS(=O)(=O)c1cccc2nsnc12)c1ccccc1. The van der Waals surface area contributed by atoms with Gasteiger partial charge in [0.25, 0.3) is 0 Å². The Morgan fingerprint density at radius 3 is 2.32 bits per heavy atom. The van der Waals surface area contributed by atoms with Crippen LogP contribution in [-0.4, -0.2) is 29.4 Å². The third-order valence-electron chi connectivity index (χ3n) is 4.56. The molecule has 8 nitrogen and oxygen atoms in total. The summed E-state index contributed by atoms with van der Waals surface area (Å²) in [5.41, 5.74) is 1.07. The highest BCUT2D eigenvalue weighted by Gasteiger charge is 2.31. The molecule has 2 N–H and O–H groups in total. The number of hydrogen-bond acceptors (Lipinski definition) is 7. The van der Waals surface area contributed by atoms with Gasteiger partial charge in [-0.3, -0.25) is 4.79 Å². The van der Waals surface area contributed by atoms with E-state index in [0.29, 0.717) is 11.1 Å². The summed E-state index contributed by atoms with van der Waals surface area (Å²) in [5.74, 6) is -1.21. The number of hydrogen-bond donors (Lipinski definition) is 2. The van der Waals surface area contributed by atoms with Gasteiger partial charge >= 0.3 is 6.36 Å². The average molecular weight is 509 g/mol. The lowest BCUT2D eigenvalue weighted by molar-refractivity contribution is -0.274. The van der Waals surface area contributed by atoms with Crippen LogP contribution in [0.25, 0.3) is 11.0 Å². The summed E-state index contributed by atoms with van der Waals surface area (Å²) in [6.07, 6.45) is -4.85. The molecule has 4 aromatic rings. The van der Waals surface area contributed by atoms with Crippen molar-refractivity contribution in [1.29, 1.82) is 0 Å². The molecule has 0 saturated heterocycles. The number of aromatic nitrogens is 2. The van der Waals surface area contributed by atoms with Crippen LogP contribution in [0.1, 0.15) is 11.6 Å². The molecule has 0 aliphatic heterocycles. The number of anilines is 1. The Morgan fingerprint density at radius 1 is 0.941 bits per heavy atom. The van der Waals surface area contributed by atoms with Gasteiger partial charge in [-0.2, -0.15) is 13.5 Å². The summed E-state index contributed by atoms with van der Waals surface area (Å²) in [7, 11) is -4.22. The lowest BCUT2D eigenvalue weighted by atomic mass is 10.1. The Morgan fingerprint density at radius 2 is 1.65 bits per heavy atom. The Bertz CT molecular complexity index is 1410. The second-order valence-electron chi connectivity index (χ2n) is 6.91. The number of amides is 1. The fraction of sp³-hybridized carbons (Fsp3) is 0.0952. The Balaban J connectivity index is 1.61. The highest BCUT2D eigenvalue weighted by Crippen LogP contribution is 2.26. The fourth-order valence-corrected chi connectivity index (χ4v) is 5.04. The van der Waals surface area contributed by atoms with Crippen LogP contribution < -0.4 is 14.8 Å². The maximum Gasteiger partial charge on any atom is 0.573 e. The van der Waals surface area contributed by atoms with E-state index in [4.69, 9.17) is 0 Å². The summed E-state index contributed by atoms with van der Waals surface area (Å²) in [6.45, 7) is 0. The first-order valence-corrected chi connectivity index (χ1v) is 11.8. The molecule has 3 aromatic carbocycles. The van der Waals surface area contributed by atoms with E-state index >= 15 is 0 Å². The number of nitrogens with one attached hydrogen (secondary N) is 2. The fourth-order valence-electron chi connectivity index (χ4n) is 3.09. The second kappa shape index (κ2) is 9.37. The van der Waals surface area contributed by atoms with E-state index in [-0.39, 0.29) is 16.1 Å². The van der Waals surface area contributed by atoms with Crippen molar-refractivity contribution < 1.29 is 31.1 Å². The van der Waals surface area contributed by atoms with Gasteiger partial charge in [0, 0.05) is 5.69 Å². The number of carbonyl (C=O) groups is 1. The number of sulfonamides is 1. The minimum atomic E-state index is -4.85. The van der Waals surface area contributed by atoms with Crippen LogP contribution in [0.5, 0.6) is 5.75 Å². The number of rotatable bonds is 7. The smallest absolute Gasteiger partial charge is 0.406 e. The standard InChI is InChI=1S/C21H15F3N4O4S2/c22-21(23,24)32-15-11-9-14(10-12-15)25-20(29)18(13-5-2-1-3-6-13)28-34(30,31)17-8-4-7-16-19(17)27-33-26-16/h1-12,18,28H,(H,25,29)/t18-/m1/s1. The lowest BCUT2D eigenvalue weighted by Crippen LogP contribution is -2.37. The van der Waals surface area contributed by atoms with Crippen molar-refractivity contribution in [3.05, 3.63) is 78.4 Å². The van der Waals surface area contributed by atoms with Gasteiger partial charge in [-0.05, 0) is 42.0 Å². The molecule has 0 bridgehead atoms. The third-order valence-corrected chi connectivity index (χ3v) is 6.56. The zero-order chi connectivity index (χ0) is 24.3. The number of alkyl halides is 3. The Hall–Kier alpha value is -3.55. The molecular formula is C21H15F3N4O4S2. The minimum absolute atomic E-state index is 0.138. The molecule has 34 heavy (non-hydrogen) atoms. The minimum Gasteiger partial charge on any atom is -0.406 e. The van der Waals surface area contributed by atoms with Gasteiger partial charge in [0.2, 0.25) is 15.9 Å². The van der Waals surface area contributed by atoms with E-state index in [1.807, 2.05) is 0 Å². The molecule has 4 rings (SSSR count). The molecular weight excluding hydrogens is 493 g/mol. The molecule has 0 unspecified atom stereocenters. The highest BCUT2D eigenvalue weighted by molar-refractivity contribution is 7.89. The van der Waals surface area contributed by atoms with Gasteiger partial charge < -0.3 is 10.1 Å². The quantitative estimate of drug-likeness (QED) is 0.386. The number of ether oxygens (including phenoxy) is 1. The first kappa shape index (κ1) is 23.6. The van der Waals surface area contributed by atoms with E-state index in [1.54, 1.807) is 36.4 Å². The Labute approximate surface area is 195 Å². The third kappa shape index (κ3) is 5.50. The number of benzene rings is 3. The highest BCUT2D eigenvalue weighted by atomic mass is 32.2. The van der Waals surface area contributed by atoms with Crippen molar-refractivity contribution in [1.82, 2.24) is 13.5 Å². The maximum atomic E-state index is 13.2. The zero-order valence-electron chi connectivity index (χ0n) is 17.0. The molecule has 1 amide bonds. The molecule has 0 radical (unpaired) electrons. The topological polar surface area (TPSA) is 110 Å². The van der Waals surface area contributed by atoms with Crippen molar-refractivity contribution in [2.24, 2.45) is 0 Å². The monoisotopic (exact) mass is 508 g/mol. The summed E-state index contributed by atoms with van der Waals surface area (Å²) >= 11 is 0.859. The summed E-state index contributed by atoms with van der Waals surface area (Å²) in [4.78, 5) is 12.9. The van der Waals surface area contributed by atoms with E-state index in [2.05, 4.69) is 23.5 Å². The maximum absolute atomic E-state index is 13.2. The summed E-state index contributed by atoms with van der Waals surface area (Å²) in [6, 6.07) is 15.7. The van der Waals surface area contributed by atoms with E-state index in [1.165, 1.54) is 24.3 Å². The van der Waals surface area contributed by atoms with Crippen molar-refractivity contribution in [3.8, 4) is 5.75 Å². The predicted molar refractivity (Wildman–Crippen MR) is 119 cm³/mol. The van der Waals surface area contributed by atoms with Crippen LogP contribution >= 0.6 is 11.7 Å². The van der Waals surface area contributed by atoms with E-state index in [9.17, 15) is 26.4 Å². The lowest BCUT2D eigenvalue weighted by Gasteiger charge is -2.19. The summed E-state index contributed by atoms with van der Waals surface area (Å²) < 4.78 is 77.7. The largest absolute Gasteiger partial charge is 0.573 e. The van der Waals surface area contributed by atoms with Crippen molar-refractivity contribution in [3.63, 3.8) is 0 Å². The molecule has 0 aliphatic rings. The second-order valence-corrected chi connectivity index (χ2v) is 9.13. The van der Waals surface area contributed by atoms with Crippen molar-refractivity contribution in [2.45, 2.75) is 17.3 Å². The molecule has 0 fully saturated rings. The molecule has 0 aliphatic carbocycles. The number of halogens is 3. The zero-order valence-corrected chi connectivity index (χ0v) is 18.6. The Kier molecular flexibility index (Phi) is 6.50. The van der Waals surface area contributed by atoms with Crippen molar-refractivity contribution in [2.75, 3.05) is 5.32 Å². The van der Waals surface area contributed by atoms with Crippen LogP contribution in [0.15, 0.2) is 77.7 Å². The van der Waals surface area contributed by atoms with E-state index in [0.717, 1.165) is 23.9 Å². The average Bonchev–Trinajstić information content (AvgIpc) is 3.27. The predicted octanol–water partition coefficient (Wildman–Crippen LogP) is 4.25. The molecule has 0 saturated carbocycles. The van der Waals surface area contributed by atoms with Crippen LogP contribution in [0.4, 0.5) is 18.9 Å². The van der Waals surface area contributed by atoms with Gasteiger partial charge in [0.05, 0.1) is 11.7 Å². The van der Waals surface area contributed by atoms with Crippen LogP contribution in [0, 0.1) is 0 Å². The van der Waals surface area contributed by atoms with Gasteiger partial charge in [-0.25, -0.2) is 8.42 Å². The first-order chi connectivity index (χ1) is 16.1. The van der Waals surface area contributed by atoms with Crippen LogP contribution in [0.2, 0.25) is 0 Å². The number of nitrogens with zero attached hydrogens (tertiary/aromatic N) is 2. The molecule has 13 heteroatoms. The van der Waals surface area contributed by atoms with Crippen LogP contribution in [0.3, 0.4) is 0 Å². The summed E-state index contributed by atoms with van der Waals surface area (Å²) in [5, 5.41) is 2.51. The van der Waals surface area contributed by atoms with Crippen molar-refractivity contribution >= 4 is 44.4 Å². The molecule has 0 spiro atoms. The molecule has 176 valence electrons. The van der Waals surface area contributed by atoms with Gasteiger partial charge in [0.15, 0.2) is 0 Å². The van der Waals surface area contributed by atoms with Gasteiger partial charge in [-0.15, -0.1) is 13.2 Å². The molecule has 1 aromatic heterocycles. The molecule has 1 heterocycles. The van der Waals surface area contributed by atoms with E-state index < -0.39 is 34.1 Å². The molecule has 1 atom stereocenters. The van der Waals surface area contributed by atoms with Crippen LogP contribution in [-0.2, 0) is 14.8 Å².